The Hall–Kier alpha value is -1.37. The predicted molar refractivity (Wildman–Crippen MR) is 148 cm³/mol. The van der Waals surface area contributed by atoms with E-state index in [9.17, 15) is 4.79 Å². The molecule has 7 nitrogen and oxygen atoms in total. The number of isocyanates is 1. The molecular weight excluding hydrogens is 467 g/mol. The van der Waals surface area contributed by atoms with Gasteiger partial charge < -0.3 is 18.9 Å². The molecule has 1 amide bonds. The van der Waals surface area contributed by atoms with Gasteiger partial charge in [0.05, 0.1) is 11.2 Å². The van der Waals surface area contributed by atoms with Crippen LogP contribution in [-0.2, 0) is 18.8 Å². The van der Waals surface area contributed by atoms with Crippen molar-refractivity contribution in [2.75, 3.05) is 0 Å². The topological polar surface area (TPSA) is 88.9 Å². The second-order valence-electron chi connectivity index (χ2n) is 14.6. The summed E-state index contributed by atoms with van der Waals surface area (Å²) in [7, 11) is -0.0983. The maximum Gasteiger partial charge on any atom is 0.457 e. The fraction of sp³-hybridized carbons (Fsp3) is 0.931. The summed E-state index contributed by atoms with van der Waals surface area (Å²) in [6.45, 7) is 24.1. The molecule has 0 radical (unpaired) electrons. The molecule has 3 aliphatic heterocycles. The quantitative estimate of drug-likeness (QED) is 0.171. The molecule has 0 aliphatic carbocycles. The van der Waals surface area contributed by atoms with E-state index >= 15 is 0 Å². The highest BCUT2D eigenvalue weighted by Gasteiger charge is 2.53. The molecule has 0 aromatic rings. The van der Waals surface area contributed by atoms with E-state index in [0.29, 0.717) is 18.0 Å². The first-order valence-corrected chi connectivity index (χ1v) is 14.2. The van der Waals surface area contributed by atoms with Crippen LogP contribution in [0.3, 0.4) is 0 Å². The molecular formula is C29H53BN2O5. The Labute approximate surface area is 226 Å². The van der Waals surface area contributed by atoms with Crippen LogP contribution >= 0.6 is 0 Å². The van der Waals surface area contributed by atoms with Gasteiger partial charge in [0.15, 0.2) is 0 Å². The van der Waals surface area contributed by atoms with Gasteiger partial charge in [-0.3, -0.25) is 0 Å². The molecule has 212 valence electrons. The highest BCUT2D eigenvalue weighted by Crippen LogP contribution is 2.55. The van der Waals surface area contributed by atoms with Gasteiger partial charge in [-0.15, -0.1) is 0 Å². The Morgan fingerprint density at radius 3 is 1.84 bits per heavy atom. The van der Waals surface area contributed by atoms with E-state index in [1.54, 1.807) is 0 Å². The summed E-state index contributed by atoms with van der Waals surface area (Å²) in [5.41, 5.74) is -0.512. The Morgan fingerprint density at radius 2 is 1.43 bits per heavy atom. The van der Waals surface area contributed by atoms with Crippen molar-refractivity contribution in [3.63, 3.8) is 0 Å². The number of piperidine rings is 1. The number of rotatable bonds is 6. The smallest absolute Gasteiger partial charge is 0.444 e. The first kappa shape index (κ1) is 31.9. The second-order valence-corrected chi connectivity index (χ2v) is 14.6. The molecule has 0 spiro atoms. The molecule has 0 aromatic carbocycles. The van der Waals surface area contributed by atoms with Crippen molar-refractivity contribution in [2.24, 2.45) is 16.7 Å². The van der Waals surface area contributed by atoms with E-state index in [-0.39, 0.29) is 35.2 Å². The van der Waals surface area contributed by atoms with E-state index in [0.717, 1.165) is 44.5 Å². The lowest BCUT2D eigenvalue weighted by Crippen LogP contribution is -2.53. The summed E-state index contributed by atoms with van der Waals surface area (Å²) >= 11 is 0. The molecule has 3 unspecified atom stereocenters. The van der Waals surface area contributed by atoms with Gasteiger partial charge in [0.1, 0.15) is 5.60 Å². The number of hydrogen-bond donors (Lipinski definition) is 1. The number of unbranched alkanes of at least 4 members (excludes halogenated alkanes) is 1. The summed E-state index contributed by atoms with van der Waals surface area (Å²) in [6, 6.07) is 0.648. The average Bonchev–Trinajstić information content (AvgIpc) is 3.10. The summed E-state index contributed by atoms with van der Waals surface area (Å²) in [4.78, 5) is 23.4. The SMILES string of the molecule is CC(C)(C)OC(=O)N1C2CCC1CC(C(C)(CCCCB1OC(C)(C)C(C)(C)O1)C(C)(C)C)C2.N=C=O. The number of ether oxygens (including phenoxy) is 1. The van der Waals surface area contributed by atoms with E-state index < -0.39 is 5.60 Å². The van der Waals surface area contributed by atoms with Gasteiger partial charge in [0, 0.05) is 12.1 Å². The molecule has 3 rings (SSSR count). The monoisotopic (exact) mass is 520 g/mol. The Balaban J connectivity index is 0.00000153. The number of fused-ring (bicyclic) bond motifs is 2. The fourth-order valence-electron chi connectivity index (χ4n) is 6.39. The summed E-state index contributed by atoms with van der Waals surface area (Å²) in [5, 5.41) is 5.40. The third-order valence-electron chi connectivity index (χ3n) is 9.64. The maximum absolute atomic E-state index is 12.9. The number of nitrogens with zero attached hydrogens (tertiary/aromatic N) is 1. The van der Waals surface area contributed by atoms with Crippen LogP contribution in [0.4, 0.5) is 4.79 Å². The van der Waals surface area contributed by atoms with E-state index in [2.05, 4.69) is 60.3 Å². The number of amides is 1. The van der Waals surface area contributed by atoms with Crippen LogP contribution in [0.1, 0.15) is 121 Å². The summed E-state index contributed by atoms with van der Waals surface area (Å²) in [5.74, 6) is 0.625. The fourth-order valence-corrected chi connectivity index (χ4v) is 6.39. The largest absolute Gasteiger partial charge is 0.457 e. The number of carbonyl (C=O) groups excluding carboxylic acids is 2. The van der Waals surface area contributed by atoms with Gasteiger partial charge in [-0.1, -0.05) is 40.5 Å². The van der Waals surface area contributed by atoms with Crippen LogP contribution < -0.4 is 0 Å². The van der Waals surface area contributed by atoms with E-state index in [4.69, 9.17) is 24.2 Å². The number of carbonyl (C=O) groups is 1. The molecule has 3 saturated heterocycles. The maximum atomic E-state index is 12.9. The molecule has 0 aromatic heterocycles. The normalized spacial score (nSPS) is 28.1. The standard InChI is InChI=1S/C28H52BNO4.CHNO/c1-24(2,3)28(11,16-12-13-17-29-33-26(7,8)27(9,10)34-29)20-18-21-14-15-22(19-20)30(21)23(31)32-25(4,5)6;2-1-3/h20-22H,12-19H2,1-11H3;2H. The van der Waals surface area contributed by atoms with Crippen molar-refractivity contribution >= 4 is 19.3 Å². The Morgan fingerprint density at radius 1 is 0.973 bits per heavy atom. The molecule has 3 atom stereocenters. The van der Waals surface area contributed by atoms with Crippen molar-refractivity contribution in [1.29, 1.82) is 5.41 Å². The number of nitrogens with one attached hydrogen (secondary N) is 1. The molecule has 8 heteroatoms. The van der Waals surface area contributed by atoms with Gasteiger partial charge >= 0.3 is 13.2 Å². The summed E-state index contributed by atoms with van der Waals surface area (Å²) in [6.07, 6.45) is 9.51. The van der Waals surface area contributed by atoms with Crippen LogP contribution in [0, 0.1) is 22.2 Å². The minimum absolute atomic E-state index is 0.0983. The van der Waals surface area contributed by atoms with Crippen molar-refractivity contribution in [2.45, 2.75) is 156 Å². The van der Waals surface area contributed by atoms with Gasteiger partial charge in [-0.2, -0.15) is 0 Å². The second kappa shape index (κ2) is 11.4. The summed E-state index contributed by atoms with van der Waals surface area (Å²) < 4.78 is 18.2. The zero-order valence-electron chi connectivity index (χ0n) is 25.5. The predicted octanol–water partition coefficient (Wildman–Crippen LogP) is 7.38. The highest BCUT2D eigenvalue weighted by molar-refractivity contribution is 6.45. The highest BCUT2D eigenvalue weighted by atomic mass is 16.7. The minimum atomic E-state index is -0.440. The lowest BCUT2D eigenvalue weighted by atomic mass is 9.55. The third kappa shape index (κ3) is 7.39. The zero-order chi connectivity index (χ0) is 28.4. The minimum Gasteiger partial charge on any atom is -0.444 e. The first-order chi connectivity index (χ1) is 16.8. The molecule has 1 N–H and O–H groups in total. The molecule has 0 saturated carbocycles. The first-order valence-electron chi connectivity index (χ1n) is 14.2. The van der Waals surface area contributed by atoms with Crippen LogP contribution in [0.15, 0.2) is 0 Å². The molecule has 3 fully saturated rings. The van der Waals surface area contributed by atoms with Crippen LogP contribution in [-0.4, -0.2) is 53.1 Å². The van der Waals surface area contributed by atoms with Gasteiger partial charge in [-0.25, -0.2) is 15.0 Å². The van der Waals surface area contributed by atoms with Crippen molar-refractivity contribution in [3.8, 4) is 0 Å². The van der Waals surface area contributed by atoms with Crippen LogP contribution in [0.25, 0.3) is 0 Å². The molecule has 2 bridgehead atoms. The van der Waals surface area contributed by atoms with Gasteiger partial charge in [-0.05, 0) is 104 Å². The third-order valence-corrected chi connectivity index (χ3v) is 9.64. The molecule has 37 heavy (non-hydrogen) atoms. The van der Waals surface area contributed by atoms with Crippen LogP contribution in [0.2, 0.25) is 6.32 Å². The van der Waals surface area contributed by atoms with E-state index in [1.807, 2.05) is 20.8 Å². The van der Waals surface area contributed by atoms with Crippen LogP contribution in [0.5, 0.6) is 0 Å². The van der Waals surface area contributed by atoms with Crippen molar-refractivity contribution < 1.29 is 23.6 Å². The Bertz CT molecular complexity index is 795. The lowest BCUT2D eigenvalue weighted by molar-refractivity contribution is -0.0425. The number of hydrogen-bond acceptors (Lipinski definition) is 6. The van der Waals surface area contributed by atoms with Crippen molar-refractivity contribution in [1.82, 2.24) is 4.90 Å². The lowest BCUT2D eigenvalue weighted by Gasteiger charge is -2.52. The van der Waals surface area contributed by atoms with E-state index in [1.165, 1.54) is 12.8 Å². The van der Waals surface area contributed by atoms with Gasteiger partial charge in [0.2, 0.25) is 6.08 Å². The molecule has 3 aliphatic rings. The average molecular weight is 521 g/mol. The zero-order valence-corrected chi connectivity index (χ0v) is 25.5. The van der Waals surface area contributed by atoms with Crippen molar-refractivity contribution in [3.05, 3.63) is 0 Å². The van der Waals surface area contributed by atoms with Gasteiger partial charge in [0.25, 0.3) is 0 Å². The Kier molecular flexibility index (Phi) is 9.81. The molecule has 3 heterocycles.